The minimum atomic E-state index is -0.366. The van der Waals surface area contributed by atoms with Gasteiger partial charge >= 0.3 is 6.03 Å². The Morgan fingerprint density at radius 1 is 1.53 bits per heavy atom. The molecule has 0 saturated carbocycles. The lowest BCUT2D eigenvalue weighted by Gasteiger charge is -2.13. The highest BCUT2D eigenvalue weighted by atomic mass is 19.1. The molecule has 0 aromatic heterocycles. The number of ether oxygens (including phenoxy) is 1. The number of benzene rings is 1. The molecular formula is C12H15FN2O2. The first-order valence-electron chi connectivity index (χ1n) is 5.56. The zero-order valence-corrected chi connectivity index (χ0v) is 9.63. The van der Waals surface area contributed by atoms with Crippen molar-refractivity contribution in [3.63, 3.8) is 0 Å². The Morgan fingerprint density at radius 2 is 2.35 bits per heavy atom. The molecule has 92 valence electrons. The molecular weight excluding hydrogens is 223 g/mol. The maximum Gasteiger partial charge on any atom is 0.319 e. The van der Waals surface area contributed by atoms with Crippen LogP contribution in [0.25, 0.3) is 0 Å². The van der Waals surface area contributed by atoms with Gasteiger partial charge in [-0.15, -0.1) is 0 Å². The number of rotatable bonds is 2. The Bertz CT molecular complexity index is 417. The molecule has 1 saturated heterocycles. The fraction of sp³-hybridized carbons (Fsp3) is 0.417. The fourth-order valence-corrected chi connectivity index (χ4v) is 1.72. The van der Waals surface area contributed by atoms with Crippen molar-refractivity contribution in [1.82, 2.24) is 5.32 Å². The number of halogens is 1. The van der Waals surface area contributed by atoms with Crippen molar-refractivity contribution in [3.05, 3.63) is 29.6 Å². The number of anilines is 1. The van der Waals surface area contributed by atoms with Crippen LogP contribution in [0.2, 0.25) is 0 Å². The molecule has 1 fully saturated rings. The number of nitrogens with one attached hydrogen (secondary N) is 2. The van der Waals surface area contributed by atoms with E-state index in [1.807, 2.05) is 6.92 Å². The third-order valence-electron chi connectivity index (χ3n) is 2.71. The molecule has 1 aliphatic rings. The van der Waals surface area contributed by atoms with E-state index in [-0.39, 0.29) is 17.9 Å². The van der Waals surface area contributed by atoms with Gasteiger partial charge in [0.2, 0.25) is 0 Å². The summed E-state index contributed by atoms with van der Waals surface area (Å²) in [5.41, 5.74) is 1.31. The average molecular weight is 238 g/mol. The minimum Gasteiger partial charge on any atom is -0.379 e. The van der Waals surface area contributed by atoms with E-state index < -0.39 is 0 Å². The molecule has 1 atom stereocenters. The van der Waals surface area contributed by atoms with Gasteiger partial charge in [-0.1, -0.05) is 6.07 Å². The largest absolute Gasteiger partial charge is 0.379 e. The van der Waals surface area contributed by atoms with Crippen molar-refractivity contribution in [3.8, 4) is 0 Å². The van der Waals surface area contributed by atoms with E-state index in [0.29, 0.717) is 18.9 Å². The number of aryl methyl sites for hydroxylation is 1. The first-order chi connectivity index (χ1) is 8.15. The van der Waals surface area contributed by atoms with Crippen LogP contribution in [0, 0.1) is 12.7 Å². The van der Waals surface area contributed by atoms with Crippen LogP contribution < -0.4 is 10.6 Å². The first kappa shape index (κ1) is 11.9. The highest BCUT2D eigenvalue weighted by Gasteiger charge is 2.17. The number of hydrogen-bond donors (Lipinski definition) is 2. The summed E-state index contributed by atoms with van der Waals surface area (Å²) in [6.45, 7) is 3.02. The van der Waals surface area contributed by atoms with Crippen LogP contribution in [0.5, 0.6) is 0 Å². The third-order valence-corrected chi connectivity index (χ3v) is 2.71. The van der Waals surface area contributed by atoms with Gasteiger partial charge in [0.1, 0.15) is 5.82 Å². The molecule has 0 aliphatic carbocycles. The van der Waals surface area contributed by atoms with Crippen molar-refractivity contribution >= 4 is 11.7 Å². The second-order valence-electron chi connectivity index (χ2n) is 4.12. The first-order valence-corrected chi connectivity index (χ1v) is 5.56. The lowest BCUT2D eigenvalue weighted by Crippen LogP contribution is -2.38. The Hall–Kier alpha value is -1.62. The van der Waals surface area contributed by atoms with Crippen LogP contribution in [-0.4, -0.2) is 25.3 Å². The van der Waals surface area contributed by atoms with Gasteiger partial charge in [0.05, 0.1) is 12.6 Å². The molecule has 1 aromatic rings. The van der Waals surface area contributed by atoms with Crippen molar-refractivity contribution in [2.45, 2.75) is 19.4 Å². The van der Waals surface area contributed by atoms with E-state index in [1.165, 1.54) is 12.1 Å². The van der Waals surface area contributed by atoms with E-state index in [0.717, 1.165) is 12.0 Å². The number of amides is 2. The molecule has 0 radical (unpaired) electrons. The van der Waals surface area contributed by atoms with E-state index in [1.54, 1.807) is 6.07 Å². The topological polar surface area (TPSA) is 50.4 Å². The third kappa shape index (κ3) is 3.17. The normalized spacial score (nSPS) is 19.1. The van der Waals surface area contributed by atoms with Crippen molar-refractivity contribution in [2.75, 3.05) is 18.5 Å². The second kappa shape index (κ2) is 5.14. The highest BCUT2D eigenvalue weighted by Crippen LogP contribution is 2.15. The smallest absolute Gasteiger partial charge is 0.319 e. The molecule has 4 nitrogen and oxygen atoms in total. The Balaban J connectivity index is 1.95. The summed E-state index contributed by atoms with van der Waals surface area (Å²) in [7, 11) is 0. The molecule has 1 heterocycles. The van der Waals surface area contributed by atoms with Gasteiger partial charge in [-0.05, 0) is 31.0 Å². The van der Waals surface area contributed by atoms with Gasteiger partial charge in [0.15, 0.2) is 0 Å². The molecule has 0 bridgehead atoms. The van der Waals surface area contributed by atoms with Gasteiger partial charge < -0.3 is 15.4 Å². The molecule has 1 aromatic carbocycles. The van der Waals surface area contributed by atoms with Crippen LogP contribution in [0.3, 0.4) is 0 Å². The monoisotopic (exact) mass is 238 g/mol. The van der Waals surface area contributed by atoms with E-state index in [4.69, 9.17) is 4.74 Å². The van der Waals surface area contributed by atoms with Crippen molar-refractivity contribution in [1.29, 1.82) is 0 Å². The molecule has 5 heteroatoms. The lowest BCUT2D eigenvalue weighted by molar-refractivity contribution is 0.189. The predicted octanol–water partition coefficient (Wildman–Crippen LogP) is 2.04. The molecule has 17 heavy (non-hydrogen) atoms. The predicted molar refractivity (Wildman–Crippen MR) is 62.5 cm³/mol. The molecule has 1 unspecified atom stereocenters. The molecule has 2 amide bonds. The lowest BCUT2D eigenvalue weighted by atomic mass is 10.2. The summed E-state index contributed by atoms with van der Waals surface area (Å²) >= 11 is 0. The SMILES string of the molecule is Cc1ccc(F)cc1NC(=O)NC1CCOC1. The van der Waals surface area contributed by atoms with E-state index in [2.05, 4.69) is 10.6 Å². The highest BCUT2D eigenvalue weighted by molar-refractivity contribution is 5.90. The number of carbonyl (C=O) groups is 1. The van der Waals surface area contributed by atoms with Crippen LogP contribution in [-0.2, 0) is 4.74 Å². The van der Waals surface area contributed by atoms with Gasteiger partial charge in [0.25, 0.3) is 0 Å². The second-order valence-corrected chi connectivity index (χ2v) is 4.12. The summed E-state index contributed by atoms with van der Waals surface area (Å²) in [6.07, 6.45) is 0.815. The van der Waals surface area contributed by atoms with Crippen molar-refractivity contribution in [2.24, 2.45) is 0 Å². The van der Waals surface area contributed by atoms with E-state index >= 15 is 0 Å². The zero-order valence-electron chi connectivity index (χ0n) is 9.63. The van der Waals surface area contributed by atoms with Gasteiger partial charge in [-0.25, -0.2) is 9.18 Å². The quantitative estimate of drug-likeness (QED) is 0.828. The van der Waals surface area contributed by atoms with E-state index in [9.17, 15) is 9.18 Å². The van der Waals surface area contributed by atoms with Gasteiger partial charge in [-0.2, -0.15) is 0 Å². The van der Waals surface area contributed by atoms with Crippen molar-refractivity contribution < 1.29 is 13.9 Å². The van der Waals surface area contributed by atoms with Crippen LogP contribution in [0.1, 0.15) is 12.0 Å². The maximum atomic E-state index is 13.0. The summed E-state index contributed by atoms with van der Waals surface area (Å²) in [6, 6.07) is 4.02. The molecule has 2 N–H and O–H groups in total. The molecule has 2 rings (SSSR count). The zero-order chi connectivity index (χ0) is 12.3. The summed E-state index contributed by atoms with van der Waals surface area (Å²) in [5, 5.41) is 5.41. The summed E-state index contributed by atoms with van der Waals surface area (Å²) in [4.78, 5) is 11.6. The molecule has 0 spiro atoms. The minimum absolute atomic E-state index is 0.0452. The number of urea groups is 1. The fourth-order valence-electron chi connectivity index (χ4n) is 1.72. The van der Waals surface area contributed by atoms with Crippen LogP contribution >= 0.6 is 0 Å². The van der Waals surface area contributed by atoms with Gasteiger partial charge in [0, 0.05) is 12.3 Å². The van der Waals surface area contributed by atoms with Crippen LogP contribution in [0.15, 0.2) is 18.2 Å². The van der Waals surface area contributed by atoms with Gasteiger partial charge in [-0.3, -0.25) is 0 Å². The Morgan fingerprint density at radius 3 is 3.06 bits per heavy atom. The maximum absolute atomic E-state index is 13.0. The standard InChI is InChI=1S/C12H15FN2O2/c1-8-2-3-9(13)6-11(8)15-12(16)14-10-4-5-17-7-10/h2-3,6,10H,4-5,7H2,1H3,(H2,14,15,16). The van der Waals surface area contributed by atoms with Crippen LogP contribution in [0.4, 0.5) is 14.9 Å². The Kier molecular flexibility index (Phi) is 3.58. The summed E-state index contributed by atoms with van der Waals surface area (Å²) in [5.74, 6) is -0.366. The number of carbonyl (C=O) groups excluding carboxylic acids is 1. The summed E-state index contributed by atoms with van der Waals surface area (Å²) < 4.78 is 18.2. The average Bonchev–Trinajstić information content (AvgIpc) is 2.76. The number of hydrogen-bond acceptors (Lipinski definition) is 2. The molecule has 1 aliphatic heterocycles. The Labute approximate surface area is 99.2 Å².